The summed E-state index contributed by atoms with van der Waals surface area (Å²) in [5, 5.41) is 2.92. The summed E-state index contributed by atoms with van der Waals surface area (Å²) >= 11 is 1.04. The van der Waals surface area contributed by atoms with Crippen LogP contribution in [0.4, 0.5) is 0 Å². The SMILES string of the molecule is C=CCOC(=O)C(N1C(=O)[C@H](C(C)O[Si](C)(C)C(C)(C)C)[C@H]1[C@@H](C)C(=O)Sc1ccccn1)=P(c1ccccc1)(c1ccccc1)c1ccccc1. The van der Waals surface area contributed by atoms with Gasteiger partial charge in [0.15, 0.2) is 13.4 Å². The van der Waals surface area contributed by atoms with Crippen LogP contribution in [0.2, 0.25) is 18.1 Å². The second kappa shape index (κ2) is 16.3. The number of benzene rings is 3. The van der Waals surface area contributed by atoms with Crippen molar-refractivity contribution < 1.29 is 23.5 Å². The van der Waals surface area contributed by atoms with Crippen LogP contribution in [0.15, 0.2) is 133 Å². The van der Waals surface area contributed by atoms with Gasteiger partial charge in [0, 0.05) is 19.0 Å². The molecule has 0 spiro atoms. The van der Waals surface area contributed by atoms with Crippen LogP contribution in [-0.2, 0) is 23.5 Å². The van der Waals surface area contributed by atoms with Gasteiger partial charge in [-0.2, -0.15) is 0 Å². The molecule has 1 aliphatic heterocycles. The Morgan fingerprint density at radius 3 is 1.83 bits per heavy atom. The van der Waals surface area contributed by atoms with Crippen molar-refractivity contribution in [3.05, 3.63) is 128 Å². The van der Waals surface area contributed by atoms with Crippen LogP contribution in [0, 0.1) is 11.8 Å². The van der Waals surface area contributed by atoms with Gasteiger partial charge in [0.2, 0.25) is 5.91 Å². The molecule has 7 nitrogen and oxygen atoms in total. The molecule has 10 heteroatoms. The van der Waals surface area contributed by atoms with E-state index in [1.165, 1.54) is 6.08 Å². The molecule has 0 saturated carbocycles. The number of carbonyl (C=O) groups excluding carboxylic acids is 3. The maximum Gasteiger partial charge on any atom is 0.356 e. The van der Waals surface area contributed by atoms with Crippen molar-refractivity contribution in [2.24, 2.45) is 11.8 Å². The number of likely N-dealkylation sites (tertiary alicyclic amines) is 1. The summed E-state index contributed by atoms with van der Waals surface area (Å²) in [7, 11) is -2.35. The van der Waals surface area contributed by atoms with Crippen molar-refractivity contribution in [2.45, 2.75) is 69.9 Å². The summed E-state index contributed by atoms with van der Waals surface area (Å²) in [6.07, 6.45) is 2.65. The zero-order valence-corrected chi connectivity index (χ0v) is 33.8. The summed E-state index contributed by atoms with van der Waals surface area (Å²) in [5.74, 6) is -2.29. The zero-order chi connectivity index (χ0) is 37.7. The maximum atomic E-state index is 15.1. The molecular weight excluding hydrogens is 704 g/mol. The minimum atomic E-state index is -3.17. The van der Waals surface area contributed by atoms with Crippen LogP contribution >= 0.6 is 18.6 Å². The predicted octanol–water partition coefficient (Wildman–Crippen LogP) is 7.43. The van der Waals surface area contributed by atoms with Gasteiger partial charge in [-0.1, -0.05) is 137 Å². The fourth-order valence-corrected chi connectivity index (χ4v) is 13.2. The van der Waals surface area contributed by atoms with E-state index in [-0.39, 0.29) is 28.1 Å². The number of rotatable bonds is 13. The van der Waals surface area contributed by atoms with Crippen LogP contribution in [0.5, 0.6) is 0 Å². The highest BCUT2D eigenvalue weighted by atomic mass is 32.2. The van der Waals surface area contributed by atoms with E-state index in [9.17, 15) is 9.59 Å². The number of carbonyl (C=O) groups is 3. The van der Waals surface area contributed by atoms with E-state index in [1.54, 1.807) is 23.2 Å². The molecule has 0 aliphatic carbocycles. The minimum Gasteiger partial charge on any atom is -0.457 e. The molecule has 3 aromatic carbocycles. The van der Waals surface area contributed by atoms with E-state index in [2.05, 4.69) is 45.4 Å². The number of esters is 1. The average molecular weight is 753 g/mol. The highest BCUT2D eigenvalue weighted by molar-refractivity contribution is 8.13. The van der Waals surface area contributed by atoms with Gasteiger partial charge in [-0.3, -0.25) is 9.59 Å². The lowest BCUT2D eigenvalue weighted by Crippen LogP contribution is -2.71. The molecule has 1 saturated heterocycles. The monoisotopic (exact) mass is 752 g/mol. The molecule has 52 heavy (non-hydrogen) atoms. The first kappa shape index (κ1) is 39.2. The van der Waals surface area contributed by atoms with E-state index < -0.39 is 45.2 Å². The Balaban J connectivity index is 1.84. The molecule has 1 fully saturated rings. The number of β-lactam (4-membered cyclic amide) rings is 1. The molecule has 1 aliphatic rings. The third-order valence-corrected chi connectivity index (χ3v) is 20.0. The first-order valence-electron chi connectivity index (χ1n) is 17.6. The molecule has 2 heterocycles. The zero-order valence-electron chi connectivity index (χ0n) is 31.1. The summed E-state index contributed by atoms with van der Waals surface area (Å²) in [5.41, 5.74) is 0.228. The van der Waals surface area contributed by atoms with Gasteiger partial charge in [-0.05, 0) is 64.9 Å². The van der Waals surface area contributed by atoms with Crippen molar-refractivity contribution in [3.63, 3.8) is 0 Å². The number of pyridine rings is 1. The lowest BCUT2D eigenvalue weighted by Gasteiger charge is -2.54. The van der Waals surface area contributed by atoms with Crippen molar-refractivity contribution >= 4 is 65.3 Å². The summed E-state index contributed by atoms with van der Waals surface area (Å²) in [6.45, 7) is 15.1. The Bertz CT molecular complexity index is 1830. The lowest BCUT2D eigenvalue weighted by atomic mass is 9.77. The largest absolute Gasteiger partial charge is 0.457 e. The number of hydrogen-bond donors (Lipinski definition) is 0. The number of thioether (sulfide) groups is 1. The Hall–Kier alpha value is -4.01. The molecule has 4 aromatic rings. The Labute approximate surface area is 314 Å². The van der Waals surface area contributed by atoms with Crippen molar-refractivity contribution in [1.29, 1.82) is 0 Å². The summed E-state index contributed by atoms with van der Waals surface area (Å²) in [4.78, 5) is 50.3. The van der Waals surface area contributed by atoms with E-state index in [1.807, 2.05) is 111 Å². The lowest BCUT2D eigenvalue weighted by molar-refractivity contribution is -0.160. The van der Waals surface area contributed by atoms with Crippen LogP contribution in [0.25, 0.3) is 0 Å². The van der Waals surface area contributed by atoms with Gasteiger partial charge in [-0.15, -0.1) is 0 Å². The highest BCUT2D eigenvalue weighted by Gasteiger charge is 2.59. The second-order valence-corrected chi connectivity index (χ2v) is 23.7. The summed E-state index contributed by atoms with van der Waals surface area (Å²) < 4.78 is 12.8. The van der Waals surface area contributed by atoms with Crippen LogP contribution < -0.4 is 15.9 Å². The Morgan fingerprint density at radius 2 is 1.38 bits per heavy atom. The fraction of sp³-hybridized carbons (Fsp3) is 0.310. The van der Waals surface area contributed by atoms with E-state index in [0.29, 0.717) is 5.03 Å². The molecule has 4 atom stereocenters. The van der Waals surface area contributed by atoms with Crippen LogP contribution in [0.1, 0.15) is 34.6 Å². The molecule has 0 bridgehead atoms. The van der Waals surface area contributed by atoms with Crippen molar-refractivity contribution in [2.75, 3.05) is 6.61 Å². The number of amides is 1. The third-order valence-electron chi connectivity index (χ3n) is 10.2. The quantitative estimate of drug-likeness (QED) is 0.0351. The number of ether oxygens (including phenoxy) is 1. The fourth-order valence-electron chi connectivity index (χ4n) is 6.61. The van der Waals surface area contributed by atoms with Crippen LogP contribution in [-0.4, -0.2) is 59.4 Å². The number of aromatic nitrogens is 1. The molecule has 272 valence electrons. The first-order chi connectivity index (χ1) is 24.8. The predicted molar refractivity (Wildman–Crippen MR) is 217 cm³/mol. The van der Waals surface area contributed by atoms with Crippen LogP contribution in [0.3, 0.4) is 0 Å². The smallest absolute Gasteiger partial charge is 0.356 e. The van der Waals surface area contributed by atoms with E-state index in [4.69, 9.17) is 9.16 Å². The standard InChI is InChI=1S/C42H49N2O5PSSi/c1-9-29-48-40(46)39(50(32-21-13-10-14-22-32,33-23-15-11-16-24-33)34-25-17-12-18-26-34)44-37(30(2)41(47)51-35-27-19-20-28-43-35)36(38(44)45)31(3)49-52(7,8)42(4,5)6/h9-28,30-31,36-37H,1,29H2,2-8H3/t30-,31?,36-,37-/m1/s1. The van der Waals surface area contributed by atoms with Gasteiger partial charge in [-0.25, -0.2) is 9.78 Å². The molecule has 5 rings (SSSR count). The molecule has 1 unspecified atom stereocenters. The minimum absolute atomic E-state index is 0.0499. The second-order valence-electron chi connectivity index (χ2n) is 14.6. The Morgan fingerprint density at radius 1 is 0.885 bits per heavy atom. The average Bonchev–Trinajstić information content (AvgIpc) is 3.13. The van der Waals surface area contributed by atoms with Crippen molar-refractivity contribution in [1.82, 2.24) is 9.88 Å². The Kier molecular flexibility index (Phi) is 12.3. The molecular formula is C42H49N2O5PSSi. The highest BCUT2D eigenvalue weighted by Crippen LogP contribution is 2.51. The first-order valence-corrected chi connectivity index (χ1v) is 23.1. The van der Waals surface area contributed by atoms with E-state index in [0.717, 1.165) is 27.7 Å². The third kappa shape index (κ3) is 7.69. The molecule has 0 radical (unpaired) electrons. The van der Waals surface area contributed by atoms with Gasteiger partial charge in [0.05, 0.1) is 18.1 Å². The van der Waals surface area contributed by atoms with Gasteiger partial charge < -0.3 is 14.1 Å². The molecule has 0 N–H and O–H groups in total. The number of nitrogens with zero attached hydrogens (tertiary/aromatic N) is 2. The maximum absolute atomic E-state index is 15.1. The summed E-state index contributed by atoms with van der Waals surface area (Å²) in [6, 6.07) is 34.3. The van der Waals surface area contributed by atoms with Gasteiger partial charge in [0.1, 0.15) is 17.1 Å². The van der Waals surface area contributed by atoms with Crippen molar-refractivity contribution in [3.8, 4) is 0 Å². The van der Waals surface area contributed by atoms with Gasteiger partial charge >= 0.3 is 5.97 Å². The van der Waals surface area contributed by atoms with E-state index >= 15 is 4.79 Å². The molecule has 1 amide bonds. The number of hydrogen-bond acceptors (Lipinski definition) is 7. The van der Waals surface area contributed by atoms with Gasteiger partial charge in [0.25, 0.3) is 0 Å². The molecule has 1 aromatic heterocycles. The topological polar surface area (TPSA) is 85.8 Å². The normalized spacial score (nSPS) is 17.4.